The third kappa shape index (κ3) is 6.77. The van der Waals surface area contributed by atoms with Gasteiger partial charge in [-0.25, -0.2) is 4.79 Å². The number of amides is 2. The lowest BCUT2D eigenvalue weighted by molar-refractivity contribution is -0.605. The molecule has 1 unspecified atom stereocenters. The molecule has 4 aromatic rings. The number of carbonyl (C=O) groups is 3. The normalized spacial score (nSPS) is 11.7. The Morgan fingerprint density at radius 1 is 1.11 bits per heavy atom. The van der Waals surface area contributed by atoms with Crippen molar-refractivity contribution in [2.75, 3.05) is 5.32 Å². The van der Waals surface area contributed by atoms with Gasteiger partial charge in [0.05, 0.1) is 11.3 Å². The molecule has 0 saturated heterocycles. The number of aromatic nitrogens is 5. The van der Waals surface area contributed by atoms with Crippen LogP contribution in [-0.4, -0.2) is 49.1 Å². The van der Waals surface area contributed by atoms with Crippen LogP contribution in [-0.2, 0) is 16.0 Å². The predicted octanol–water partition coefficient (Wildman–Crippen LogP) is 2.03. The second kappa shape index (κ2) is 11.8. The van der Waals surface area contributed by atoms with Crippen LogP contribution in [0.25, 0.3) is 11.8 Å². The van der Waals surface area contributed by atoms with Crippen LogP contribution in [0.1, 0.15) is 21.5 Å². The third-order valence-electron chi connectivity index (χ3n) is 5.34. The van der Waals surface area contributed by atoms with Crippen molar-refractivity contribution in [3.8, 4) is 5.69 Å². The minimum Gasteiger partial charge on any atom is -0.619 e. The molecule has 0 saturated carbocycles. The first-order valence-corrected chi connectivity index (χ1v) is 11.5. The summed E-state index contributed by atoms with van der Waals surface area (Å²) in [4.78, 5) is 37.0. The number of hydrogen-bond donors (Lipinski definition) is 3. The second-order valence-corrected chi connectivity index (χ2v) is 8.43. The molecule has 0 aliphatic rings. The van der Waals surface area contributed by atoms with E-state index in [9.17, 15) is 19.6 Å². The number of hydrogen-bond acceptors (Lipinski definition) is 7. The second-order valence-electron chi connectivity index (χ2n) is 7.99. The van der Waals surface area contributed by atoms with E-state index >= 15 is 0 Å². The van der Waals surface area contributed by atoms with Gasteiger partial charge in [0, 0.05) is 40.9 Å². The number of nitrogens with one attached hydrogen (secondary N) is 2. The van der Waals surface area contributed by atoms with Crippen LogP contribution in [0.15, 0.2) is 79.4 Å². The van der Waals surface area contributed by atoms with E-state index in [4.69, 9.17) is 16.7 Å². The van der Waals surface area contributed by atoms with Crippen LogP contribution in [0.5, 0.6) is 0 Å². The fraction of sp³-hybridized carbons (Fsp3) is 0.0800. The van der Waals surface area contributed by atoms with Gasteiger partial charge in [0.1, 0.15) is 12.4 Å². The SMILES string of the molecule is O=C(C=Cc1cc(Cl)ccc1-n1cnnn1)NC(Cc1cc[n+]([O-])cc1)C(=O)Nc1ccc(C(=O)O)cc1. The van der Waals surface area contributed by atoms with Crippen molar-refractivity contribution in [1.82, 2.24) is 25.5 Å². The van der Waals surface area contributed by atoms with Crippen molar-refractivity contribution in [3.05, 3.63) is 106 Å². The number of aromatic carboxylic acids is 1. The van der Waals surface area contributed by atoms with E-state index in [0.717, 1.165) is 0 Å². The highest BCUT2D eigenvalue weighted by Crippen LogP contribution is 2.20. The summed E-state index contributed by atoms with van der Waals surface area (Å²) >= 11 is 6.12. The first kappa shape index (κ1) is 26.0. The Morgan fingerprint density at radius 2 is 1.84 bits per heavy atom. The van der Waals surface area contributed by atoms with Gasteiger partial charge >= 0.3 is 5.97 Å². The molecule has 2 heterocycles. The molecular weight excluding hydrogens is 514 g/mol. The lowest BCUT2D eigenvalue weighted by atomic mass is 10.1. The van der Waals surface area contributed by atoms with Crippen molar-refractivity contribution in [3.63, 3.8) is 0 Å². The Hall–Kier alpha value is -5.10. The Kier molecular flexibility index (Phi) is 8.04. The minimum atomic E-state index is -1.09. The molecule has 192 valence electrons. The fourth-order valence-electron chi connectivity index (χ4n) is 3.47. The highest BCUT2D eigenvalue weighted by molar-refractivity contribution is 6.30. The molecule has 3 N–H and O–H groups in total. The monoisotopic (exact) mass is 533 g/mol. The summed E-state index contributed by atoms with van der Waals surface area (Å²) < 4.78 is 2.02. The van der Waals surface area contributed by atoms with Crippen LogP contribution < -0.4 is 15.4 Å². The predicted molar refractivity (Wildman–Crippen MR) is 136 cm³/mol. The summed E-state index contributed by atoms with van der Waals surface area (Å²) in [6, 6.07) is 12.7. The molecule has 0 fully saturated rings. The zero-order valence-corrected chi connectivity index (χ0v) is 20.3. The molecule has 1 atom stereocenters. The molecule has 0 spiro atoms. The highest BCUT2D eigenvalue weighted by Gasteiger charge is 2.21. The third-order valence-corrected chi connectivity index (χ3v) is 5.58. The van der Waals surface area contributed by atoms with E-state index in [1.807, 2.05) is 0 Å². The van der Waals surface area contributed by atoms with Gasteiger partial charge in [0.25, 0.3) is 0 Å². The molecule has 2 aromatic carbocycles. The zero-order valence-electron chi connectivity index (χ0n) is 19.6. The number of carbonyl (C=O) groups excluding carboxylic acids is 2. The summed E-state index contributed by atoms with van der Waals surface area (Å²) in [6.07, 6.45) is 6.83. The number of pyridine rings is 1. The van der Waals surface area contributed by atoms with E-state index in [2.05, 4.69) is 26.2 Å². The van der Waals surface area contributed by atoms with Gasteiger partial charge < -0.3 is 20.9 Å². The zero-order chi connectivity index (χ0) is 27.1. The van der Waals surface area contributed by atoms with Gasteiger partial charge in [0.2, 0.25) is 11.8 Å². The number of carboxylic acid groups (broad SMARTS) is 1. The summed E-state index contributed by atoms with van der Waals surface area (Å²) in [7, 11) is 0. The van der Waals surface area contributed by atoms with Gasteiger partial charge in [-0.1, -0.05) is 11.6 Å². The van der Waals surface area contributed by atoms with Crippen LogP contribution in [0.4, 0.5) is 5.69 Å². The Bertz CT molecular complexity index is 1470. The number of halogens is 1. The molecule has 0 bridgehead atoms. The van der Waals surface area contributed by atoms with E-state index in [1.165, 1.54) is 59.8 Å². The van der Waals surface area contributed by atoms with E-state index < -0.39 is 23.8 Å². The smallest absolute Gasteiger partial charge is 0.335 e. The molecule has 13 heteroatoms. The summed E-state index contributed by atoms with van der Waals surface area (Å²) in [5.41, 5.74) is 2.19. The minimum absolute atomic E-state index is 0.0650. The lowest BCUT2D eigenvalue weighted by Gasteiger charge is -2.18. The van der Waals surface area contributed by atoms with E-state index in [0.29, 0.717) is 32.3 Å². The maximum absolute atomic E-state index is 13.1. The molecule has 0 radical (unpaired) electrons. The Balaban J connectivity index is 1.53. The maximum Gasteiger partial charge on any atom is 0.335 e. The van der Waals surface area contributed by atoms with E-state index in [-0.39, 0.29) is 12.0 Å². The molecule has 2 amide bonds. The van der Waals surface area contributed by atoms with Crippen LogP contribution in [0.3, 0.4) is 0 Å². The lowest BCUT2D eigenvalue weighted by Crippen LogP contribution is -2.44. The largest absolute Gasteiger partial charge is 0.619 e. The molecule has 12 nitrogen and oxygen atoms in total. The molecule has 2 aromatic heterocycles. The summed E-state index contributed by atoms with van der Waals surface area (Å²) in [5.74, 6) is -2.20. The van der Waals surface area contributed by atoms with Crippen molar-refractivity contribution >= 4 is 41.1 Å². The van der Waals surface area contributed by atoms with Crippen LogP contribution in [0.2, 0.25) is 5.02 Å². The number of benzene rings is 2. The van der Waals surface area contributed by atoms with Crippen molar-refractivity contribution < 1.29 is 24.2 Å². The van der Waals surface area contributed by atoms with Crippen molar-refractivity contribution in [1.29, 1.82) is 0 Å². The molecule has 4 rings (SSSR count). The van der Waals surface area contributed by atoms with Gasteiger partial charge in [-0.05, 0) is 64.5 Å². The number of rotatable bonds is 9. The summed E-state index contributed by atoms with van der Waals surface area (Å²) in [6.45, 7) is 0. The average molecular weight is 534 g/mol. The van der Waals surface area contributed by atoms with Crippen molar-refractivity contribution in [2.45, 2.75) is 12.5 Å². The quantitative estimate of drug-likeness (QED) is 0.167. The Labute approximate surface area is 220 Å². The first-order valence-electron chi connectivity index (χ1n) is 11.1. The molecule has 0 aliphatic carbocycles. The number of anilines is 1. The number of tetrazole rings is 1. The first-order chi connectivity index (χ1) is 18.3. The summed E-state index contributed by atoms with van der Waals surface area (Å²) in [5, 5.41) is 37.3. The van der Waals surface area contributed by atoms with Gasteiger partial charge in [0.15, 0.2) is 12.4 Å². The van der Waals surface area contributed by atoms with Gasteiger partial charge in [-0.15, -0.1) is 5.10 Å². The van der Waals surface area contributed by atoms with Crippen LogP contribution in [0, 0.1) is 5.21 Å². The Morgan fingerprint density at radius 3 is 2.50 bits per heavy atom. The van der Waals surface area contributed by atoms with Crippen LogP contribution >= 0.6 is 11.6 Å². The maximum atomic E-state index is 13.1. The average Bonchev–Trinajstić information content (AvgIpc) is 3.43. The molecule has 0 aliphatic heterocycles. The topological polar surface area (TPSA) is 166 Å². The highest BCUT2D eigenvalue weighted by atomic mass is 35.5. The van der Waals surface area contributed by atoms with Gasteiger partial charge in [-0.3, -0.25) is 9.59 Å². The molecule has 38 heavy (non-hydrogen) atoms. The van der Waals surface area contributed by atoms with Crippen molar-refractivity contribution in [2.24, 2.45) is 0 Å². The fourth-order valence-corrected chi connectivity index (χ4v) is 3.66. The van der Waals surface area contributed by atoms with Gasteiger partial charge in [-0.2, -0.15) is 9.41 Å². The van der Waals surface area contributed by atoms with E-state index in [1.54, 1.807) is 30.3 Å². The molecular formula is C25H20ClN7O5. The standard InChI is InChI=1S/C25H20ClN7O5/c26-19-4-7-22(33-15-27-30-31-33)18(14-19)3-8-23(34)29-21(13-16-9-11-32(38)12-10-16)24(35)28-20-5-1-17(2-6-20)25(36)37/h1-12,14-15,21H,13H2,(H,28,35)(H,29,34)(H,36,37). The number of nitrogens with zero attached hydrogens (tertiary/aromatic N) is 5. The number of carboxylic acids is 1.